The first kappa shape index (κ1) is 14.7. The molecule has 2 heterocycles. The van der Waals surface area contributed by atoms with E-state index in [1.807, 2.05) is 18.2 Å². The number of pyridine rings is 1. The average Bonchev–Trinajstić information content (AvgIpc) is 2.89. The van der Waals surface area contributed by atoms with Crippen LogP contribution in [-0.2, 0) is 21.1 Å². The molecule has 0 N–H and O–H groups in total. The fraction of sp³-hybridized carbons (Fsp3) is 0.125. The normalized spacial score (nSPS) is 10.1. The van der Waals surface area contributed by atoms with E-state index in [1.165, 1.54) is 11.1 Å². The third-order valence-electron chi connectivity index (χ3n) is 3.12. The number of aromatic nitrogens is 3. The zero-order valence-electron chi connectivity index (χ0n) is 11.3. The van der Waals surface area contributed by atoms with Crippen molar-refractivity contribution in [1.29, 1.82) is 0 Å². The van der Waals surface area contributed by atoms with Gasteiger partial charge in [-0.3, -0.25) is 0 Å². The molecule has 0 aliphatic carbocycles. The molecule has 0 saturated carbocycles. The number of benzene rings is 1. The van der Waals surface area contributed by atoms with Gasteiger partial charge in [0.05, 0.1) is 0 Å². The summed E-state index contributed by atoms with van der Waals surface area (Å²) < 4.78 is 1.80. The topological polar surface area (TPSA) is 30.7 Å². The molecule has 3 rings (SSSR count). The molecule has 0 aliphatic rings. The van der Waals surface area contributed by atoms with Gasteiger partial charge in [0.2, 0.25) is 0 Å². The maximum atomic E-state index is 4.41. The van der Waals surface area contributed by atoms with Gasteiger partial charge in [0, 0.05) is 27.3 Å². The third kappa shape index (κ3) is 2.73. The van der Waals surface area contributed by atoms with Crippen molar-refractivity contribution < 1.29 is 21.1 Å². The van der Waals surface area contributed by atoms with Crippen molar-refractivity contribution in [3.8, 4) is 16.9 Å². The molecule has 0 aliphatic heterocycles. The van der Waals surface area contributed by atoms with Crippen molar-refractivity contribution in [2.75, 3.05) is 0 Å². The summed E-state index contributed by atoms with van der Waals surface area (Å²) in [5.74, 6) is 0. The predicted octanol–water partition coefficient (Wildman–Crippen LogP) is 3.35. The molecule has 0 radical (unpaired) electrons. The SMILES string of the molecule is Cc1cccc(C)c1-n1[c-]c(-c2ccccn2)cn1.[Pt]. The summed E-state index contributed by atoms with van der Waals surface area (Å²) in [4.78, 5) is 4.32. The maximum absolute atomic E-state index is 4.41. The van der Waals surface area contributed by atoms with Gasteiger partial charge in [-0.15, -0.1) is 0 Å². The smallest absolute Gasteiger partial charge is 0.0160 e. The van der Waals surface area contributed by atoms with Gasteiger partial charge in [-0.2, -0.15) is 0 Å². The van der Waals surface area contributed by atoms with Crippen LogP contribution in [0.15, 0.2) is 48.8 Å². The molecule has 104 valence electrons. The number of para-hydroxylation sites is 1. The van der Waals surface area contributed by atoms with Gasteiger partial charge >= 0.3 is 0 Å². The summed E-state index contributed by atoms with van der Waals surface area (Å²) in [5, 5.41) is 4.41. The van der Waals surface area contributed by atoms with Gasteiger partial charge in [-0.1, -0.05) is 47.0 Å². The van der Waals surface area contributed by atoms with E-state index in [0.29, 0.717) is 0 Å². The quantitative estimate of drug-likeness (QED) is 0.569. The molecule has 1 aromatic carbocycles. The van der Waals surface area contributed by atoms with E-state index in [0.717, 1.165) is 16.9 Å². The van der Waals surface area contributed by atoms with Gasteiger partial charge in [0.15, 0.2) is 0 Å². The van der Waals surface area contributed by atoms with Crippen LogP contribution >= 0.6 is 0 Å². The Morgan fingerprint density at radius 2 is 1.75 bits per heavy atom. The van der Waals surface area contributed by atoms with Crippen LogP contribution in [0.4, 0.5) is 0 Å². The summed E-state index contributed by atoms with van der Waals surface area (Å²) in [6.45, 7) is 4.16. The van der Waals surface area contributed by atoms with Crippen LogP contribution in [0.5, 0.6) is 0 Å². The standard InChI is InChI=1S/C16H14N3.Pt/c1-12-6-5-7-13(2)16(12)19-11-14(10-18-19)15-8-3-4-9-17-15;/h3-10H,1-2H3;/q-1;. The Morgan fingerprint density at radius 1 is 1.00 bits per heavy atom. The molecule has 0 atom stereocenters. The fourth-order valence-corrected chi connectivity index (χ4v) is 2.19. The Bertz CT molecular complexity index is 685. The van der Waals surface area contributed by atoms with E-state index in [2.05, 4.69) is 48.3 Å². The van der Waals surface area contributed by atoms with E-state index in [9.17, 15) is 0 Å². The predicted molar refractivity (Wildman–Crippen MR) is 75.1 cm³/mol. The molecule has 0 spiro atoms. The average molecular weight is 443 g/mol. The van der Waals surface area contributed by atoms with Crippen LogP contribution in [0.2, 0.25) is 0 Å². The molecule has 0 bridgehead atoms. The van der Waals surface area contributed by atoms with E-state index in [-0.39, 0.29) is 21.1 Å². The van der Waals surface area contributed by atoms with E-state index in [1.54, 1.807) is 17.1 Å². The van der Waals surface area contributed by atoms with Crippen molar-refractivity contribution in [3.05, 3.63) is 66.1 Å². The van der Waals surface area contributed by atoms with Crippen LogP contribution in [-0.4, -0.2) is 14.8 Å². The van der Waals surface area contributed by atoms with Crippen molar-refractivity contribution >= 4 is 0 Å². The van der Waals surface area contributed by atoms with Gasteiger partial charge in [-0.05, 0) is 43.7 Å². The van der Waals surface area contributed by atoms with Crippen molar-refractivity contribution in [3.63, 3.8) is 0 Å². The van der Waals surface area contributed by atoms with Gasteiger partial charge in [0.25, 0.3) is 0 Å². The first-order valence-electron chi connectivity index (χ1n) is 6.21. The summed E-state index contributed by atoms with van der Waals surface area (Å²) in [6.07, 6.45) is 6.85. The van der Waals surface area contributed by atoms with Crippen LogP contribution < -0.4 is 0 Å². The summed E-state index contributed by atoms with van der Waals surface area (Å²) in [7, 11) is 0. The number of nitrogens with zero attached hydrogens (tertiary/aromatic N) is 3. The fourth-order valence-electron chi connectivity index (χ4n) is 2.19. The first-order chi connectivity index (χ1) is 9.25. The molecule has 4 heteroatoms. The molecule has 0 amide bonds. The Labute approximate surface area is 132 Å². The van der Waals surface area contributed by atoms with Crippen LogP contribution in [0.3, 0.4) is 0 Å². The minimum absolute atomic E-state index is 0. The molecular weight excluding hydrogens is 429 g/mol. The van der Waals surface area contributed by atoms with Gasteiger partial charge in [-0.25, -0.2) is 5.10 Å². The number of hydrogen-bond donors (Lipinski definition) is 0. The number of rotatable bonds is 2. The Morgan fingerprint density at radius 3 is 2.40 bits per heavy atom. The van der Waals surface area contributed by atoms with E-state index < -0.39 is 0 Å². The maximum Gasteiger partial charge on any atom is 0.0160 e. The second-order valence-electron chi connectivity index (χ2n) is 4.54. The summed E-state index contributed by atoms with van der Waals surface area (Å²) >= 11 is 0. The molecule has 3 nitrogen and oxygen atoms in total. The molecule has 3 aromatic rings. The van der Waals surface area contributed by atoms with Crippen LogP contribution in [0.1, 0.15) is 11.1 Å². The molecule has 20 heavy (non-hydrogen) atoms. The van der Waals surface area contributed by atoms with Crippen molar-refractivity contribution in [2.24, 2.45) is 0 Å². The van der Waals surface area contributed by atoms with Gasteiger partial charge < -0.3 is 9.67 Å². The zero-order chi connectivity index (χ0) is 13.2. The minimum Gasteiger partial charge on any atom is -0.328 e. The largest absolute Gasteiger partial charge is 0.328 e. The van der Waals surface area contributed by atoms with E-state index >= 15 is 0 Å². The number of aryl methyl sites for hydroxylation is 2. The number of hydrogen-bond acceptors (Lipinski definition) is 2. The zero-order valence-corrected chi connectivity index (χ0v) is 13.5. The molecule has 0 fully saturated rings. The Hall–Kier alpha value is -1.73. The second-order valence-corrected chi connectivity index (χ2v) is 4.54. The summed E-state index contributed by atoms with van der Waals surface area (Å²) in [6, 6.07) is 12.0. The van der Waals surface area contributed by atoms with Gasteiger partial charge in [0.1, 0.15) is 0 Å². The molecule has 0 saturated heterocycles. The minimum atomic E-state index is 0. The Kier molecular flexibility index (Phi) is 4.51. The third-order valence-corrected chi connectivity index (χ3v) is 3.12. The second kappa shape index (κ2) is 6.15. The molecular formula is C16H14N3Pt-. The van der Waals surface area contributed by atoms with E-state index in [4.69, 9.17) is 0 Å². The Balaban J connectivity index is 0.00000147. The first-order valence-corrected chi connectivity index (χ1v) is 6.21. The monoisotopic (exact) mass is 443 g/mol. The summed E-state index contributed by atoms with van der Waals surface area (Å²) in [5.41, 5.74) is 5.26. The molecule has 0 unspecified atom stereocenters. The van der Waals surface area contributed by atoms with Crippen molar-refractivity contribution in [2.45, 2.75) is 13.8 Å². The van der Waals surface area contributed by atoms with Crippen LogP contribution in [0.25, 0.3) is 16.9 Å². The van der Waals surface area contributed by atoms with Crippen LogP contribution in [0, 0.1) is 20.0 Å². The molecule has 2 aromatic heterocycles. The van der Waals surface area contributed by atoms with Crippen molar-refractivity contribution in [1.82, 2.24) is 14.8 Å².